The Balaban J connectivity index is 1.31. The van der Waals surface area contributed by atoms with E-state index in [4.69, 9.17) is 19.2 Å². The van der Waals surface area contributed by atoms with Crippen molar-refractivity contribution < 1.29 is 23.8 Å². The first-order valence-electron chi connectivity index (χ1n) is 12.7. The quantitative estimate of drug-likeness (QED) is 0.326. The highest BCUT2D eigenvalue weighted by molar-refractivity contribution is 6.08. The van der Waals surface area contributed by atoms with Gasteiger partial charge in [-0.25, -0.2) is 4.99 Å². The minimum atomic E-state index is -0.317. The van der Waals surface area contributed by atoms with Gasteiger partial charge in [-0.2, -0.15) is 0 Å². The molecule has 0 aliphatic carbocycles. The molecule has 2 aliphatic heterocycles. The molecule has 1 atom stereocenters. The predicted octanol–water partition coefficient (Wildman–Crippen LogP) is 4.52. The third-order valence-corrected chi connectivity index (χ3v) is 6.52. The molecule has 2 aromatic carbocycles. The molecule has 1 unspecified atom stereocenters. The standard InChI is InChI=1S/C28H35N3O5/c1-20(32)35-16-10-5-3-4-6-11-17-36-25-15-14-23-22(26(25)34-2)19-31-24(27(33)30-28(31)29-23)18-21-12-8-7-9-13-21/h7-9,12-15,24H,3-6,10-11,16-19H2,1-2H3,(H,29,30,33). The van der Waals surface area contributed by atoms with Crippen LogP contribution in [0.1, 0.15) is 56.6 Å². The Morgan fingerprint density at radius 2 is 1.75 bits per heavy atom. The summed E-state index contributed by atoms with van der Waals surface area (Å²) in [5.74, 6) is 1.73. The number of carbonyl (C=O) groups excluding carboxylic acids is 2. The van der Waals surface area contributed by atoms with Crippen LogP contribution in [-0.4, -0.2) is 49.1 Å². The average molecular weight is 494 g/mol. The average Bonchev–Trinajstić information content (AvgIpc) is 3.17. The summed E-state index contributed by atoms with van der Waals surface area (Å²) in [6, 6.07) is 13.5. The summed E-state index contributed by atoms with van der Waals surface area (Å²) in [7, 11) is 1.65. The van der Waals surface area contributed by atoms with Crippen LogP contribution in [0, 0.1) is 0 Å². The fourth-order valence-corrected chi connectivity index (χ4v) is 4.66. The van der Waals surface area contributed by atoms with Crippen molar-refractivity contribution in [2.24, 2.45) is 4.99 Å². The molecule has 192 valence electrons. The van der Waals surface area contributed by atoms with E-state index in [0.717, 1.165) is 55.3 Å². The second-order valence-corrected chi connectivity index (χ2v) is 9.16. The summed E-state index contributed by atoms with van der Waals surface area (Å²) >= 11 is 0. The number of rotatable bonds is 13. The number of nitrogens with one attached hydrogen (secondary N) is 1. The van der Waals surface area contributed by atoms with Gasteiger partial charge in [0.25, 0.3) is 0 Å². The van der Waals surface area contributed by atoms with E-state index in [1.807, 2.05) is 47.4 Å². The topological polar surface area (TPSA) is 89.5 Å². The van der Waals surface area contributed by atoms with Gasteiger partial charge in [-0.3, -0.25) is 14.9 Å². The molecule has 2 aliphatic rings. The number of fused-ring (bicyclic) bond motifs is 2. The molecule has 0 saturated carbocycles. The van der Waals surface area contributed by atoms with Crippen LogP contribution in [-0.2, 0) is 27.3 Å². The van der Waals surface area contributed by atoms with Crippen LogP contribution in [0.2, 0.25) is 0 Å². The maximum absolute atomic E-state index is 12.7. The molecule has 8 nitrogen and oxygen atoms in total. The van der Waals surface area contributed by atoms with Gasteiger partial charge in [0.05, 0.1) is 32.6 Å². The zero-order valence-electron chi connectivity index (χ0n) is 21.1. The Hall–Kier alpha value is -3.55. The molecule has 1 saturated heterocycles. The largest absolute Gasteiger partial charge is 0.492 e. The first-order chi connectivity index (χ1) is 17.6. The molecule has 1 N–H and O–H groups in total. The normalized spacial score (nSPS) is 16.1. The van der Waals surface area contributed by atoms with E-state index in [2.05, 4.69) is 5.32 Å². The highest BCUT2D eigenvalue weighted by Crippen LogP contribution is 2.41. The molecule has 2 heterocycles. The maximum atomic E-state index is 12.7. The van der Waals surface area contributed by atoms with E-state index in [-0.39, 0.29) is 17.9 Å². The minimum absolute atomic E-state index is 0.0350. The lowest BCUT2D eigenvalue weighted by Crippen LogP contribution is -2.38. The van der Waals surface area contributed by atoms with Crippen LogP contribution in [0.4, 0.5) is 5.69 Å². The SMILES string of the molecule is COc1c(OCCCCCCCCOC(C)=O)ccc2c1CN1C(=N2)NC(=O)C1Cc1ccccc1. The second kappa shape index (κ2) is 12.4. The number of ether oxygens (including phenoxy) is 3. The maximum Gasteiger partial charge on any atom is 0.302 e. The summed E-state index contributed by atoms with van der Waals surface area (Å²) in [6.07, 6.45) is 6.87. The smallest absolute Gasteiger partial charge is 0.302 e. The first-order valence-corrected chi connectivity index (χ1v) is 12.7. The zero-order chi connectivity index (χ0) is 25.3. The van der Waals surface area contributed by atoms with Gasteiger partial charge in [0.2, 0.25) is 11.9 Å². The van der Waals surface area contributed by atoms with Gasteiger partial charge in [0, 0.05) is 18.9 Å². The van der Waals surface area contributed by atoms with E-state index in [1.165, 1.54) is 6.92 Å². The van der Waals surface area contributed by atoms with Crippen molar-refractivity contribution in [2.45, 2.75) is 64.5 Å². The Bertz CT molecular complexity index is 1090. The van der Waals surface area contributed by atoms with Crippen molar-refractivity contribution in [3.8, 4) is 11.5 Å². The van der Waals surface area contributed by atoms with Crippen LogP contribution < -0.4 is 14.8 Å². The second-order valence-electron chi connectivity index (χ2n) is 9.16. The molecular weight excluding hydrogens is 458 g/mol. The fourth-order valence-electron chi connectivity index (χ4n) is 4.66. The number of carbonyl (C=O) groups is 2. The lowest BCUT2D eigenvalue weighted by Gasteiger charge is -2.29. The van der Waals surface area contributed by atoms with Crippen molar-refractivity contribution >= 4 is 23.5 Å². The van der Waals surface area contributed by atoms with Crippen LogP contribution in [0.25, 0.3) is 0 Å². The van der Waals surface area contributed by atoms with E-state index >= 15 is 0 Å². The molecule has 1 fully saturated rings. The Labute approximate surface area is 212 Å². The van der Waals surface area contributed by atoms with Crippen molar-refractivity contribution in [2.75, 3.05) is 20.3 Å². The molecule has 8 heteroatoms. The number of nitrogens with zero attached hydrogens (tertiary/aromatic N) is 2. The number of methoxy groups -OCH3 is 1. The summed E-state index contributed by atoms with van der Waals surface area (Å²) in [5, 5.41) is 2.94. The van der Waals surface area contributed by atoms with E-state index < -0.39 is 0 Å². The van der Waals surface area contributed by atoms with E-state index in [0.29, 0.717) is 43.6 Å². The minimum Gasteiger partial charge on any atom is -0.492 e. The zero-order valence-corrected chi connectivity index (χ0v) is 21.1. The van der Waals surface area contributed by atoms with Gasteiger partial charge >= 0.3 is 5.97 Å². The van der Waals surface area contributed by atoms with Crippen LogP contribution in [0.15, 0.2) is 47.5 Å². The number of hydrogen-bond donors (Lipinski definition) is 1. The van der Waals surface area contributed by atoms with Gasteiger partial charge < -0.3 is 19.1 Å². The Morgan fingerprint density at radius 3 is 2.47 bits per heavy atom. The molecule has 0 spiro atoms. The molecule has 0 bridgehead atoms. The van der Waals surface area contributed by atoms with Gasteiger partial charge in [-0.1, -0.05) is 56.0 Å². The first kappa shape index (κ1) is 25.5. The monoisotopic (exact) mass is 493 g/mol. The summed E-state index contributed by atoms with van der Waals surface area (Å²) in [5.41, 5.74) is 2.83. The van der Waals surface area contributed by atoms with Gasteiger partial charge in [-0.15, -0.1) is 0 Å². The number of hydrogen-bond acceptors (Lipinski definition) is 7. The number of esters is 1. The Kier molecular flexibility index (Phi) is 8.81. The molecule has 1 amide bonds. The van der Waals surface area contributed by atoms with Crippen LogP contribution in [0.5, 0.6) is 11.5 Å². The Morgan fingerprint density at radius 1 is 1.03 bits per heavy atom. The number of unbranched alkanes of at least 4 members (excludes halogenated alkanes) is 5. The lowest BCUT2D eigenvalue weighted by molar-refractivity contribution is -0.141. The molecule has 2 aromatic rings. The van der Waals surface area contributed by atoms with Crippen LogP contribution in [0.3, 0.4) is 0 Å². The third kappa shape index (κ3) is 6.36. The highest BCUT2D eigenvalue weighted by Gasteiger charge is 2.40. The fraction of sp³-hybridized carbons (Fsp3) is 0.464. The third-order valence-electron chi connectivity index (χ3n) is 6.52. The van der Waals surface area contributed by atoms with Crippen molar-refractivity contribution in [1.82, 2.24) is 10.2 Å². The number of guanidine groups is 1. The number of aliphatic imine (C=N–C) groups is 1. The predicted molar refractivity (Wildman–Crippen MR) is 138 cm³/mol. The lowest BCUT2D eigenvalue weighted by atomic mass is 10.0. The summed E-state index contributed by atoms with van der Waals surface area (Å²) in [4.78, 5) is 30.2. The van der Waals surface area contributed by atoms with E-state index in [9.17, 15) is 9.59 Å². The van der Waals surface area contributed by atoms with Gasteiger partial charge in [0.15, 0.2) is 11.5 Å². The van der Waals surface area contributed by atoms with Crippen molar-refractivity contribution in [3.05, 3.63) is 53.6 Å². The van der Waals surface area contributed by atoms with Crippen molar-refractivity contribution in [1.29, 1.82) is 0 Å². The number of amides is 1. The van der Waals surface area contributed by atoms with Gasteiger partial charge in [0.1, 0.15) is 6.04 Å². The summed E-state index contributed by atoms with van der Waals surface area (Å²) in [6.45, 7) is 3.09. The molecular formula is C28H35N3O5. The van der Waals surface area contributed by atoms with Gasteiger partial charge in [-0.05, 0) is 30.5 Å². The molecule has 0 radical (unpaired) electrons. The van der Waals surface area contributed by atoms with Crippen molar-refractivity contribution in [3.63, 3.8) is 0 Å². The molecule has 0 aromatic heterocycles. The summed E-state index contributed by atoms with van der Waals surface area (Å²) < 4.78 is 16.8. The highest BCUT2D eigenvalue weighted by atomic mass is 16.5. The van der Waals surface area contributed by atoms with Crippen LogP contribution >= 0.6 is 0 Å². The number of benzene rings is 2. The van der Waals surface area contributed by atoms with E-state index in [1.54, 1.807) is 7.11 Å². The molecule has 36 heavy (non-hydrogen) atoms. The molecule has 4 rings (SSSR count).